The van der Waals surface area contributed by atoms with Crippen molar-refractivity contribution in [3.63, 3.8) is 0 Å². The summed E-state index contributed by atoms with van der Waals surface area (Å²) in [7, 11) is 3.99. The number of likely N-dealkylation sites (N-methyl/N-ethyl adjacent to an activating group) is 1. The number of amides is 1. The highest BCUT2D eigenvalue weighted by molar-refractivity contribution is 5.77. The zero-order chi connectivity index (χ0) is 15.0. The zero-order valence-corrected chi connectivity index (χ0v) is 12.9. The van der Waals surface area contributed by atoms with E-state index in [0.29, 0.717) is 13.1 Å². The summed E-state index contributed by atoms with van der Waals surface area (Å²) in [6.45, 7) is 6.07. The Hall–Kier alpha value is -1.46. The Kier molecular flexibility index (Phi) is 7.18. The van der Waals surface area contributed by atoms with E-state index in [-0.39, 0.29) is 18.6 Å². The Morgan fingerprint density at radius 3 is 2.65 bits per heavy atom. The fourth-order valence-corrected chi connectivity index (χ4v) is 1.65. The van der Waals surface area contributed by atoms with Gasteiger partial charge >= 0.3 is 0 Å². The van der Waals surface area contributed by atoms with E-state index in [2.05, 4.69) is 9.88 Å². The van der Waals surface area contributed by atoms with Gasteiger partial charge in [0.2, 0.25) is 5.91 Å². The fourth-order valence-electron chi connectivity index (χ4n) is 1.65. The first-order valence-electron chi connectivity index (χ1n) is 6.92. The molecule has 1 rings (SSSR count). The summed E-state index contributed by atoms with van der Waals surface area (Å²) in [5.41, 5.74) is 1.03. The highest BCUT2D eigenvalue weighted by Crippen LogP contribution is 2.04. The minimum Gasteiger partial charge on any atom is -0.369 e. The molecule has 5 heteroatoms. The van der Waals surface area contributed by atoms with Gasteiger partial charge in [-0.05, 0) is 39.6 Å². The smallest absolute Gasteiger partial charge is 0.248 e. The summed E-state index contributed by atoms with van der Waals surface area (Å²) in [5.74, 6) is 0.0180. The van der Waals surface area contributed by atoms with E-state index in [4.69, 9.17) is 4.74 Å². The van der Waals surface area contributed by atoms with Crippen molar-refractivity contribution in [3.05, 3.63) is 30.1 Å². The van der Waals surface area contributed by atoms with Gasteiger partial charge in [0.1, 0.15) is 6.61 Å². The molecule has 0 N–H and O–H groups in total. The second kappa shape index (κ2) is 8.66. The molecule has 0 bridgehead atoms. The van der Waals surface area contributed by atoms with Crippen molar-refractivity contribution in [2.24, 2.45) is 0 Å². The van der Waals surface area contributed by atoms with E-state index in [0.717, 1.165) is 12.1 Å². The van der Waals surface area contributed by atoms with Crippen LogP contribution in [0.15, 0.2) is 24.5 Å². The largest absolute Gasteiger partial charge is 0.369 e. The lowest BCUT2D eigenvalue weighted by atomic mass is 10.2. The van der Waals surface area contributed by atoms with Crippen molar-refractivity contribution in [2.45, 2.75) is 26.5 Å². The number of pyridine rings is 1. The number of hydrogen-bond acceptors (Lipinski definition) is 4. The van der Waals surface area contributed by atoms with Crippen molar-refractivity contribution in [1.82, 2.24) is 14.8 Å². The van der Waals surface area contributed by atoms with Gasteiger partial charge in [-0.1, -0.05) is 6.07 Å². The highest BCUT2D eigenvalue weighted by atomic mass is 16.5. The van der Waals surface area contributed by atoms with Crippen molar-refractivity contribution in [3.8, 4) is 0 Å². The van der Waals surface area contributed by atoms with Gasteiger partial charge in [-0.25, -0.2) is 0 Å². The molecule has 0 saturated heterocycles. The quantitative estimate of drug-likeness (QED) is 0.721. The van der Waals surface area contributed by atoms with E-state index in [1.54, 1.807) is 12.4 Å². The lowest BCUT2D eigenvalue weighted by Crippen LogP contribution is -2.38. The van der Waals surface area contributed by atoms with Crippen LogP contribution in [0.5, 0.6) is 0 Å². The number of rotatable bonds is 8. The topological polar surface area (TPSA) is 45.7 Å². The van der Waals surface area contributed by atoms with E-state index in [9.17, 15) is 4.79 Å². The molecule has 0 unspecified atom stereocenters. The van der Waals surface area contributed by atoms with Crippen molar-refractivity contribution in [1.29, 1.82) is 0 Å². The van der Waals surface area contributed by atoms with E-state index in [1.165, 1.54) is 0 Å². The molecule has 0 aliphatic carbocycles. The van der Waals surface area contributed by atoms with Gasteiger partial charge in [0.15, 0.2) is 0 Å². The SMILES string of the molecule is CC(C)OCC(=O)N(CCN(C)C)Cc1cccnc1. The number of aromatic nitrogens is 1. The van der Waals surface area contributed by atoms with Crippen LogP contribution >= 0.6 is 0 Å². The summed E-state index contributed by atoms with van der Waals surface area (Å²) >= 11 is 0. The van der Waals surface area contributed by atoms with Crippen molar-refractivity contribution < 1.29 is 9.53 Å². The first-order valence-corrected chi connectivity index (χ1v) is 6.92. The molecular formula is C15H25N3O2. The molecule has 20 heavy (non-hydrogen) atoms. The summed E-state index contributed by atoms with van der Waals surface area (Å²) in [5, 5.41) is 0. The standard InChI is InChI=1S/C15H25N3O2/c1-13(2)20-12-15(19)18(9-8-17(3)4)11-14-6-5-7-16-10-14/h5-7,10,13H,8-9,11-12H2,1-4H3. The molecule has 1 amide bonds. The molecule has 112 valence electrons. The third kappa shape index (κ3) is 6.63. The van der Waals surface area contributed by atoms with Crippen LogP contribution in [0.1, 0.15) is 19.4 Å². The molecule has 0 atom stereocenters. The first kappa shape index (κ1) is 16.6. The molecular weight excluding hydrogens is 254 g/mol. The molecule has 0 aliphatic heterocycles. The van der Waals surface area contributed by atoms with Crippen LogP contribution in [0.25, 0.3) is 0 Å². The normalized spacial score (nSPS) is 11.1. The molecule has 1 aromatic heterocycles. The molecule has 0 radical (unpaired) electrons. The minimum absolute atomic E-state index is 0.0180. The fraction of sp³-hybridized carbons (Fsp3) is 0.600. The lowest BCUT2D eigenvalue weighted by molar-refractivity contribution is -0.138. The van der Waals surface area contributed by atoms with Gasteiger partial charge in [0.25, 0.3) is 0 Å². The maximum absolute atomic E-state index is 12.2. The van der Waals surface area contributed by atoms with Crippen molar-refractivity contribution in [2.75, 3.05) is 33.8 Å². The number of carbonyl (C=O) groups is 1. The predicted octanol–water partition coefficient (Wildman–Crippen LogP) is 1.40. The van der Waals surface area contributed by atoms with Gasteiger partial charge < -0.3 is 14.5 Å². The van der Waals surface area contributed by atoms with E-state index in [1.807, 2.05) is 45.0 Å². The van der Waals surface area contributed by atoms with Gasteiger partial charge in [-0.2, -0.15) is 0 Å². The zero-order valence-electron chi connectivity index (χ0n) is 12.9. The Bertz CT molecular complexity index is 393. The molecule has 0 spiro atoms. The summed E-state index contributed by atoms with van der Waals surface area (Å²) in [6, 6.07) is 3.86. The second-order valence-corrected chi connectivity index (χ2v) is 5.34. The predicted molar refractivity (Wildman–Crippen MR) is 79.3 cm³/mol. The Morgan fingerprint density at radius 1 is 1.35 bits per heavy atom. The van der Waals surface area contributed by atoms with Crippen molar-refractivity contribution >= 4 is 5.91 Å². The molecule has 1 heterocycles. The maximum Gasteiger partial charge on any atom is 0.248 e. The molecule has 0 aromatic carbocycles. The van der Waals surface area contributed by atoms with E-state index < -0.39 is 0 Å². The monoisotopic (exact) mass is 279 g/mol. The molecule has 1 aromatic rings. The Balaban J connectivity index is 2.61. The number of nitrogens with zero attached hydrogens (tertiary/aromatic N) is 3. The molecule has 0 aliphatic rings. The Labute approximate surface area is 121 Å². The number of ether oxygens (including phenoxy) is 1. The first-order chi connectivity index (χ1) is 9.49. The second-order valence-electron chi connectivity index (χ2n) is 5.34. The summed E-state index contributed by atoms with van der Waals surface area (Å²) in [6.07, 6.45) is 3.59. The average Bonchev–Trinajstić information content (AvgIpc) is 2.41. The summed E-state index contributed by atoms with van der Waals surface area (Å²) in [4.78, 5) is 20.2. The van der Waals surface area contributed by atoms with Crippen LogP contribution in [0.2, 0.25) is 0 Å². The third-order valence-corrected chi connectivity index (χ3v) is 2.81. The van der Waals surface area contributed by atoms with Crippen LogP contribution in [0.4, 0.5) is 0 Å². The Morgan fingerprint density at radius 2 is 2.10 bits per heavy atom. The van der Waals surface area contributed by atoms with Gasteiger partial charge in [-0.3, -0.25) is 9.78 Å². The molecule has 5 nitrogen and oxygen atoms in total. The third-order valence-electron chi connectivity index (χ3n) is 2.81. The highest BCUT2D eigenvalue weighted by Gasteiger charge is 2.15. The van der Waals surface area contributed by atoms with Crippen LogP contribution < -0.4 is 0 Å². The van der Waals surface area contributed by atoms with E-state index >= 15 is 0 Å². The molecule has 0 saturated carbocycles. The maximum atomic E-state index is 12.2. The van der Waals surface area contributed by atoms with Crippen LogP contribution in [-0.2, 0) is 16.1 Å². The van der Waals surface area contributed by atoms with Gasteiger partial charge in [0.05, 0.1) is 6.10 Å². The lowest BCUT2D eigenvalue weighted by Gasteiger charge is -2.24. The van der Waals surface area contributed by atoms with Crippen LogP contribution in [-0.4, -0.2) is 60.6 Å². The minimum atomic E-state index is 0.0180. The van der Waals surface area contributed by atoms with Crippen LogP contribution in [0.3, 0.4) is 0 Å². The average molecular weight is 279 g/mol. The summed E-state index contributed by atoms with van der Waals surface area (Å²) < 4.78 is 5.41. The molecule has 0 fully saturated rings. The number of carbonyl (C=O) groups excluding carboxylic acids is 1. The van der Waals surface area contributed by atoms with Crippen LogP contribution in [0, 0.1) is 0 Å². The number of hydrogen-bond donors (Lipinski definition) is 0. The van der Waals surface area contributed by atoms with Gasteiger partial charge in [0, 0.05) is 32.0 Å². The van der Waals surface area contributed by atoms with Gasteiger partial charge in [-0.15, -0.1) is 0 Å².